The highest BCUT2D eigenvalue weighted by Crippen LogP contribution is 2.33. The van der Waals surface area contributed by atoms with Gasteiger partial charge in [-0.3, -0.25) is 19.3 Å². The van der Waals surface area contributed by atoms with E-state index in [2.05, 4.69) is 10.2 Å². The number of aryl methyl sites for hydroxylation is 1. The summed E-state index contributed by atoms with van der Waals surface area (Å²) in [6, 6.07) is 2.61. The van der Waals surface area contributed by atoms with Crippen LogP contribution in [-0.2, 0) is 39.0 Å². The summed E-state index contributed by atoms with van der Waals surface area (Å²) in [5, 5.41) is 12.2. The quantitative estimate of drug-likeness (QED) is 0.354. The number of rotatable bonds is 11. The topological polar surface area (TPSA) is 113 Å². The first-order valence-corrected chi connectivity index (χ1v) is 17.0. The Balaban J connectivity index is 1.11. The van der Waals surface area contributed by atoms with Gasteiger partial charge in [0.25, 0.3) is 5.91 Å². The Hall–Kier alpha value is -3.25. The van der Waals surface area contributed by atoms with Gasteiger partial charge in [0, 0.05) is 63.2 Å². The van der Waals surface area contributed by atoms with Gasteiger partial charge in [0.05, 0.1) is 54.0 Å². The number of likely N-dealkylation sites (tertiary alicyclic amines) is 2. The summed E-state index contributed by atoms with van der Waals surface area (Å²) in [5.41, 5.74) is 2.74. The standard InChI is InChI=1S/C35H44ClFN4O6/c1-39-18-28(27-5-3-4-6-32(27)39)34(43)38-31-14-30(37)23(11-29(31)36)12-33(42)41-17-24(40-15-21(16-40)19-46-2)13-25(41)20-47-26-9-7-22(8-10-26)35(44)45/h3,5,11,14,18,21-22,24-26H,4,6-10,12-13,15-17,19-20H2,1-2H3,(H,38,43)(H,44,45)/t22-,24-,25-,26-/m0/s1. The van der Waals surface area contributed by atoms with E-state index in [1.54, 1.807) is 13.3 Å². The van der Waals surface area contributed by atoms with Gasteiger partial charge >= 0.3 is 5.97 Å². The number of hydrogen-bond acceptors (Lipinski definition) is 6. The van der Waals surface area contributed by atoms with Crippen LogP contribution in [0.25, 0.3) is 6.08 Å². The van der Waals surface area contributed by atoms with Gasteiger partial charge in [-0.15, -0.1) is 0 Å². The minimum atomic E-state index is -0.755. The van der Waals surface area contributed by atoms with Gasteiger partial charge in [-0.2, -0.15) is 0 Å². The molecule has 0 unspecified atom stereocenters. The summed E-state index contributed by atoms with van der Waals surface area (Å²) in [7, 11) is 3.61. The number of hydrogen-bond donors (Lipinski definition) is 2. The fraction of sp³-hybridized carbons (Fsp3) is 0.571. The van der Waals surface area contributed by atoms with E-state index in [1.807, 2.05) is 28.7 Å². The molecule has 3 heterocycles. The molecule has 2 saturated heterocycles. The third-order valence-electron chi connectivity index (χ3n) is 10.3. The summed E-state index contributed by atoms with van der Waals surface area (Å²) in [6.45, 7) is 3.41. The van der Waals surface area contributed by atoms with Crippen LogP contribution < -0.4 is 5.32 Å². The van der Waals surface area contributed by atoms with Crippen LogP contribution in [0.4, 0.5) is 10.1 Å². The first kappa shape index (κ1) is 33.6. The lowest BCUT2D eigenvalue weighted by atomic mass is 9.87. The number of carbonyl (C=O) groups excluding carboxylic acids is 2. The number of carboxylic acids is 1. The SMILES string of the molecule is COCC1CN([C@H]2C[C@@H](CO[C@H]3CC[C@H](C(=O)O)CC3)N(C(=O)Cc3cc(Cl)c(NC(=O)c4cn(C)c5c4C=CCC5)cc3F)C2)C1. The Morgan fingerprint density at radius 3 is 2.60 bits per heavy atom. The molecule has 2 aromatic rings. The molecule has 2 aliphatic heterocycles. The van der Waals surface area contributed by atoms with Crippen LogP contribution in [0.1, 0.15) is 65.7 Å². The molecule has 254 valence electrons. The Bertz CT molecular complexity index is 1530. The fourth-order valence-corrected chi connectivity index (χ4v) is 7.89. The van der Waals surface area contributed by atoms with Gasteiger partial charge in [0.2, 0.25) is 5.91 Å². The van der Waals surface area contributed by atoms with Crippen LogP contribution in [0.2, 0.25) is 5.02 Å². The number of halogens is 2. The molecule has 12 heteroatoms. The summed E-state index contributed by atoms with van der Waals surface area (Å²) in [6.07, 6.45) is 10.6. The van der Waals surface area contributed by atoms with E-state index in [1.165, 1.54) is 12.1 Å². The second kappa shape index (κ2) is 14.5. The summed E-state index contributed by atoms with van der Waals surface area (Å²) >= 11 is 6.55. The number of allylic oxidation sites excluding steroid dienone is 1. The normalized spacial score (nSPS) is 24.6. The maximum Gasteiger partial charge on any atom is 0.306 e. The fourth-order valence-electron chi connectivity index (χ4n) is 7.65. The summed E-state index contributed by atoms with van der Waals surface area (Å²) < 4.78 is 29.0. The van der Waals surface area contributed by atoms with Gasteiger partial charge < -0.3 is 29.4 Å². The second-order valence-corrected chi connectivity index (χ2v) is 13.9. The van der Waals surface area contributed by atoms with Crippen molar-refractivity contribution in [2.75, 3.05) is 45.3 Å². The zero-order valence-electron chi connectivity index (χ0n) is 27.1. The predicted octanol–water partition coefficient (Wildman–Crippen LogP) is 4.78. The highest BCUT2D eigenvalue weighted by Gasteiger charge is 2.42. The van der Waals surface area contributed by atoms with Crippen LogP contribution in [0, 0.1) is 17.7 Å². The number of benzene rings is 1. The van der Waals surface area contributed by atoms with Crippen LogP contribution in [0.3, 0.4) is 0 Å². The molecule has 1 aromatic carbocycles. The summed E-state index contributed by atoms with van der Waals surface area (Å²) in [4.78, 5) is 42.5. The van der Waals surface area contributed by atoms with Gasteiger partial charge in [0.15, 0.2) is 0 Å². The molecule has 4 aliphatic rings. The van der Waals surface area contributed by atoms with E-state index in [-0.39, 0.29) is 58.6 Å². The molecule has 0 bridgehead atoms. The van der Waals surface area contributed by atoms with Crippen LogP contribution in [0.15, 0.2) is 24.4 Å². The van der Waals surface area contributed by atoms with Crippen molar-refractivity contribution in [2.45, 2.75) is 69.6 Å². The number of nitrogens with one attached hydrogen (secondary N) is 1. The maximum absolute atomic E-state index is 15.5. The lowest BCUT2D eigenvalue weighted by molar-refractivity contribution is -0.144. The number of nitrogens with zero attached hydrogens (tertiary/aromatic N) is 3. The molecule has 2 aliphatic carbocycles. The Morgan fingerprint density at radius 1 is 1.11 bits per heavy atom. The maximum atomic E-state index is 15.5. The minimum absolute atomic E-state index is 0.0342. The molecule has 3 fully saturated rings. The molecule has 2 N–H and O–H groups in total. The smallest absolute Gasteiger partial charge is 0.306 e. The zero-order valence-corrected chi connectivity index (χ0v) is 27.8. The predicted molar refractivity (Wildman–Crippen MR) is 176 cm³/mol. The van der Waals surface area contributed by atoms with E-state index in [4.69, 9.17) is 21.1 Å². The van der Waals surface area contributed by atoms with Crippen molar-refractivity contribution in [3.63, 3.8) is 0 Å². The molecule has 10 nitrogen and oxygen atoms in total. The number of fused-ring (bicyclic) bond motifs is 1. The van der Waals surface area contributed by atoms with Gasteiger partial charge in [0.1, 0.15) is 5.82 Å². The van der Waals surface area contributed by atoms with Crippen molar-refractivity contribution in [3.8, 4) is 0 Å². The number of carboxylic acid groups (broad SMARTS) is 1. The van der Waals surface area contributed by atoms with Crippen LogP contribution >= 0.6 is 11.6 Å². The number of amides is 2. The molecule has 0 spiro atoms. The number of methoxy groups -OCH3 is 1. The van der Waals surface area contributed by atoms with Crippen molar-refractivity contribution in [1.82, 2.24) is 14.4 Å². The average Bonchev–Trinajstić information content (AvgIpc) is 3.61. The number of aromatic nitrogens is 1. The molecule has 6 rings (SSSR count). The number of aliphatic carboxylic acids is 1. The number of anilines is 1. The molecular weight excluding hydrogens is 627 g/mol. The molecule has 0 radical (unpaired) electrons. The lowest BCUT2D eigenvalue weighted by Crippen LogP contribution is -2.54. The zero-order chi connectivity index (χ0) is 33.2. The second-order valence-electron chi connectivity index (χ2n) is 13.5. The number of ether oxygens (including phenoxy) is 2. The van der Waals surface area contributed by atoms with Crippen molar-refractivity contribution < 1.29 is 33.4 Å². The Kier molecular flexibility index (Phi) is 10.4. The Labute approximate surface area is 279 Å². The van der Waals surface area contributed by atoms with Gasteiger partial charge in [-0.05, 0) is 62.6 Å². The van der Waals surface area contributed by atoms with E-state index >= 15 is 4.39 Å². The molecule has 47 heavy (non-hydrogen) atoms. The van der Waals surface area contributed by atoms with Crippen LogP contribution in [0.5, 0.6) is 0 Å². The van der Waals surface area contributed by atoms with E-state index < -0.39 is 11.8 Å². The molecule has 2 amide bonds. The third kappa shape index (κ3) is 7.43. The van der Waals surface area contributed by atoms with Crippen molar-refractivity contribution in [1.29, 1.82) is 0 Å². The van der Waals surface area contributed by atoms with Crippen molar-refractivity contribution in [2.24, 2.45) is 18.9 Å². The van der Waals surface area contributed by atoms with Gasteiger partial charge in [-0.1, -0.05) is 23.8 Å². The lowest BCUT2D eigenvalue weighted by Gasteiger charge is -2.42. The highest BCUT2D eigenvalue weighted by molar-refractivity contribution is 6.34. The first-order valence-electron chi connectivity index (χ1n) is 16.6. The van der Waals surface area contributed by atoms with Crippen LogP contribution in [-0.4, -0.2) is 95.4 Å². The number of carbonyl (C=O) groups is 3. The molecular formula is C35H44ClFN4O6. The van der Waals surface area contributed by atoms with Gasteiger partial charge in [-0.25, -0.2) is 4.39 Å². The largest absolute Gasteiger partial charge is 0.481 e. The van der Waals surface area contributed by atoms with E-state index in [9.17, 15) is 19.5 Å². The minimum Gasteiger partial charge on any atom is -0.481 e. The average molecular weight is 671 g/mol. The summed E-state index contributed by atoms with van der Waals surface area (Å²) in [5.74, 6) is -1.80. The van der Waals surface area contributed by atoms with E-state index in [0.717, 1.165) is 43.6 Å². The molecule has 1 aromatic heterocycles. The highest BCUT2D eigenvalue weighted by atomic mass is 35.5. The monoisotopic (exact) mass is 670 g/mol. The van der Waals surface area contributed by atoms with E-state index in [0.29, 0.717) is 56.9 Å². The Morgan fingerprint density at radius 2 is 1.87 bits per heavy atom. The molecule has 1 saturated carbocycles. The molecule has 2 atom stereocenters. The van der Waals surface area contributed by atoms with Crippen molar-refractivity contribution in [3.05, 3.63) is 57.6 Å². The third-order valence-corrected chi connectivity index (χ3v) is 10.6. The first-order chi connectivity index (χ1) is 22.6. The van der Waals surface area contributed by atoms with Crippen molar-refractivity contribution >= 4 is 41.1 Å².